The summed E-state index contributed by atoms with van der Waals surface area (Å²) >= 11 is 0. The molecule has 1 aliphatic carbocycles. The van der Waals surface area contributed by atoms with Crippen LogP contribution in [-0.2, 0) is 4.74 Å². The number of carbonyl (C=O) groups is 1. The standard InChI is InChI=1S/C17H28N4O2/c1-17(2,3)23-16(22)20-10-8-14(9-11-20)21-12-15(18-19-21)13-6-4-5-7-13/h12-14H,4-11H2,1-3H3. The van der Waals surface area contributed by atoms with E-state index in [1.807, 2.05) is 25.5 Å². The van der Waals surface area contributed by atoms with E-state index in [1.165, 1.54) is 25.7 Å². The van der Waals surface area contributed by atoms with Crippen LogP contribution in [0.1, 0.15) is 76.9 Å². The van der Waals surface area contributed by atoms with Gasteiger partial charge in [0.1, 0.15) is 5.60 Å². The highest BCUT2D eigenvalue weighted by atomic mass is 16.6. The van der Waals surface area contributed by atoms with E-state index in [0.717, 1.165) is 31.6 Å². The second kappa shape index (κ2) is 6.49. The predicted octanol–water partition coefficient (Wildman–Crippen LogP) is 3.51. The van der Waals surface area contributed by atoms with Gasteiger partial charge in [-0.1, -0.05) is 18.1 Å². The minimum atomic E-state index is -0.435. The number of nitrogens with zero attached hydrogens (tertiary/aromatic N) is 4. The van der Waals surface area contributed by atoms with Crippen LogP contribution in [0.5, 0.6) is 0 Å². The lowest BCUT2D eigenvalue weighted by atomic mass is 10.0. The highest BCUT2D eigenvalue weighted by molar-refractivity contribution is 5.68. The van der Waals surface area contributed by atoms with Crippen LogP contribution in [0.15, 0.2) is 6.20 Å². The van der Waals surface area contributed by atoms with Gasteiger partial charge in [-0.15, -0.1) is 5.10 Å². The van der Waals surface area contributed by atoms with E-state index in [4.69, 9.17) is 4.74 Å². The molecule has 1 amide bonds. The lowest BCUT2D eigenvalue weighted by Gasteiger charge is -2.33. The summed E-state index contributed by atoms with van der Waals surface area (Å²) in [6, 6.07) is 0.344. The van der Waals surface area contributed by atoms with Crippen LogP contribution in [0, 0.1) is 0 Å². The van der Waals surface area contributed by atoms with Gasteiger partial charge in [-0.05, 0) is 46.5 Å². The molecule has 2 heterocycles. The van der Waals surface area contributed by atoms with E-state index < -0.39 is 5.60 Å². The molecule has 128 valence electrons. The molecule has 1 aromatic rings. The van der Waals surface area contributed by atoms with E-state index in [-0.39, 0.29) is 6.09 Å². The van der Waals surface area contributed by atoms with Crippen LogP contribution in [0.25, 0.3) is 0 Å². The number of hydrogen-bond donors (Lipinski definition) is 0. The van der Waals surface area contributed by atoms with Gasteiger partial charge in [0.05, 0.1) is 11.7 Å². The minimum Gasteiger partial charge on any atom is -0.444 e. The Bertz CT molecular complexity index is 535. The number of amides is 1. The van der Waals surface area contributed by atoms with Crippen molar-refractivity contribution in [3.63, 3.8) is 0 Å². The fourth-order valence-corrected chi connectivity index (χ4v) is 3.52. The molecule has 1 saturated heterocycles. The van der Waals surface area contributed by atoms with Crippen LogP contribution < -0.4 is 0 Å². The molecule has 0 bridgehead atoms. The average Bonchev–Trinajstić information content (AvgIpc) is 3.17. The number of aromatic nitrogens is 3. The predicted molar refractivity (Wildman–Crippen MR) is 87.3 cm³/mol. The summed E-state index contributed by atoms with van der Waals surface area (Å²) < 4.78 is 7.46. The second-order valence-corrected chi connectivity index (χ2v) is 7.80. The van der Waals surface area contributed by atoms with Crippen LogP contribution in [-0.4, -0.2) is 44.7 Å². The van der Waals surface area contributed by atoms with Gasteiger partial charge in [-0.3, -0.25) is 0 Å². The zero-order valence-electron chi connectivity index (χ0n) is 14.5. The average molecular weight is 320 g/mol. The number of ether oxygens (including phenoxy) is 1. The Morgan fingerprint density at radius 2 is 1.83 bits per heavy atom. The molecule has 1 saturated carbocycles. The number of rotatable bonds is 2. The van der Waals surface area contributed by atoms with Crippen molar-refractivity contribution in [2.75, 3.05) is 13.1 Å². The maximum absolute atomic E-state index is 12.1. The first kappa shape index (κ1) is 16.3. The zero-order valence-corrected chi connectivity index (χ0v) is 14.5. The highest BCUT2D eigenvalue weighted by Crippen LogP contribution is 2.33. The first-order chi connectivity index (χ1) is 10.9. The monoisotopic (exact) mass is 320 g/mol. The van der Waals surface area contributed by atoms with E-state index in [9.17, 15) is 4.79 Å². The third kappa shape index (κ3) is 4.03. The van der Waals surface area contributed by atoms with Gasteiger partial charge in [0.25, 0.3) is 0 Å². The Morgan fingerprint density at radius 3 is 2.43 bits per heavy atom. The van der Waals surface area contributed by atoms with E-state index >= 15 is 0 Å². The quantitative estimate of drug-likeness (QED) is 0.836. The summed E-state index contributed by atoms with van der Waals surface area (Å²) in [4.78, 5) is 13.9. The summed E-state index contributed by atoms with van der Waals surface area (Å²) in [6.07, 6.45) is 8.85. The molecular weight excluding hydrogens is 292 g/mol. The Kier molecular flexibility index (Phi) is 4.60. The van der Waals surface area contributed by atoms with Crippen molar-refractivity contribution in [3.05, 3.63) is 11.9 Å². The van der Waals surface area contributed by atoms with Crippen LogP contribution in [0.4, 0.5) is 4.79 Å². The molecule has 6 heteroatoms. The Labute approximate surface area is 138 Å². The minimum absolute atomic E-state index is 0.207. The largest absolute Gasteiger partial charge is 0.444 e. The van der Waals surface area contributed by atoms with Gasteiger partial charge in [0.15, 0.2) is 0 Å². The summed E-state index contributed by atoms with van der Waals surface area (Å²) in [5.74, 6) is 0.602. The smallest absolute Gasteiger partial charge is 0.410 e. The van der Waals surface area contributed by atoms with Gasteiger partial charge >= 0.3 is 6.09 Å². The Morgan fingerprint density at radius 1 is 1.17 bits per heavy atom. The van der Waals surface area contributed by atoms with Crippen molar-refractivity contribution in [2.24, 2.45) is 0 Å². The summed E-state index contributed by atoms with van der Waals surface area (Å²) in [5, 5.41) is 8.73. The molecule has 2 aliphatic rings. The van der Waals surface area contributed by atoms with Crippen LogP contribution in [0.3, 0.4) is 0 Å². The Hall–Kier alpha value is -1.59. The molecule has 0 atom stereocenters. The molecule has 3 rings (SSSR count). The lowest BCUT2D eigenvalue weighted by molar-refractivity contribution is 0.0184. The molecule has 0 N–H and O–H groups in total. The summed E-state index contributed by atoms with van der Waals surface area (Å²) in [7, 11) is 0. The molecule has 0 spiro atoms. The summed E-state index contributed by atoms with van der Waals surface area (Å²) in [6.45, 7) is 7.14. The lowest BCUT2D eigenvalue weighted by Crippen LogP contribution is -2.42. The molecule has 0 radical (unpaired) electrons. The second-order valence-electron chi connectivity index (χ2n) is 7.80. The zero-order chi connectivity index (χ0) is 16.4. The van der Waals surface area contributed by atoms with Gasteiger partial charge in [0, 0.05) is 25.2 Å². The molecule has 0 aromatic carbocycles. The van der Waals surface area contributed by atoms with Crippen LogP contribution >= 0.6 is 0 Å². The van der Waals surface area contributed by atoms with Crippen LogP contribution in [0.2, 0.25) is 0 Å². The van der Waals surface area contributed by atoms with Crippen molar-refractivity contribution in [2.45, 2.75) is 76.9 Å². The first-order valence-electron chi connectivity index (χ1n) is 8.82. The number of hydrogen-bond acceptors (Lipinski definition) is 4. The fraction of sp³-hybridized carbons (Fsp3) is 0.824. The van der Waals surface area contributed by atoms with Gasteiger partial charge < -0.3 is 9.64 Å². The van der Waals surface area contributed by atoms with Gasteiger partial charge in [-0.25, -0.2) is 9.48 Å². The molecule has 6 nitrogen and oxygen atoms in total. The maximum atomic E-state index is 12.1. The first-order valence-corrected chi connectivity index (χ1v) is 8.82. The third-order valence-electron chi connectivity index (χ3n) is 4.79. The van der Waals surface area contributed by atoms with Crippen molar-refractivity contribution in [1.29, 1.82) is 0 Å². The molecule has 1 aromatic heterocycles. The maximum Gasteiger partial charge on any atom is 0.410 e. The van der Waals surface area contributed by atoms with Crippen molar-refractivity contribution in [3.8, 4) is 0 Å². The topological polar surface area (TPSA) is 60.2 Å². The summed E-state index contributed by atoms with van der Waals surface area (Å²) in [5.41, 5.74) is 0.716. The third-order valence-corrected chi connectivity index (χ3v) is 4.79. The molecule has 23 heavy (non-hydrogen) atoms. The molecule has 1 aliphatic heterocycles. The van der Waals surface area contributed by atoms with Crippen molar-refractivity contribution < 1.29 is 9.53 Å². The number of likely N-dealkylation sites (tertiary alicyclic amines) is 1. The van der Waals surface area contributed by atoms with Gasteiger partial charge in [-0.2, -0.15) is 0 Å². The van der Waals surface area contributed by atoms with Crippen molar-refractivity contribution >= 4 is 6.09 Å². The Balaban J connectivity index is 1.53. The van der Waals surface area contributed by atoms with E-state index in [1.54, 1.807) is 4.90 Å². The highest BCUT2D eigenvalue weighted by Gasteiger charge is 2.28. The van der Waals surface area contributed by atoms with Crippen molar-refractivity contribution in [1.82, 2.24) is 19.9 Å². The molecule has 2 fully saturated rings. The molecular formula is C17H28N4O2. The normalized spacial score (nSPS) is 20.9. The fourth-order valence-electron chi connectivity index (χ4n) is 3.52. The number of piperidine rings is 1. The molecule has 0 unspecified atom stereocenters. The SMILES string of the molecule is CC(C)(C)OC(=O)N1CCC(n2cc(C3CCCC3)nn2)CC1. The van der Waals surface area contributed by atoms with E-state index in [2.05, 4.69) is 16.5 Å². The number of carbonyl (C=O) groups excluding carboxylic acids is 1. The van der Waals surface area contributed by atoms with Gasteiger partial charge in [0.2, 0.25) is 0 Å². The van der Waals surface area contributed by atoms with E-state index in [0.29, 0.717) is 12.0 Å².